The van der Waals surface area contributed by atoms with E-state index in [-0.39, 0.29) is 30.2 Å². The van der Waals surface area contributed by atoms with Crippen molar-refractivity contribution in [2.24, 2.45) is 5.92 Å². The quantitative estimate of drug-likeness (QED) is 0.422. The van der Waals surface area contributed by atoms with Crippen LogP contribution in [-0.2, 0) is 6.54 Å². The summed E-state index contributed by atoms with van der Waals surface area (Å²) in [7, 11) is 0. The number of aryl methyl sites for hydroxylation is 1. The van der Waals surface area contributed by atoms with Gasteiger partial charge in [0.1, 0.15) is 5.65 Å². The average molecular weight is 503 g/mol. The van der Waals surface area contributed by atoms with Crippen LogP contribution >= 0.6 is 23.4 Å². The smallest absolute Gasteiger partial charge is 0.254 e. The molecule has 0 saturated heterocycles. The molecule has 1 unspecified atom stereocenters. The van der Waals surface area contributed by atoms with E-state index in [1.165, 1.54) is 11.8 Å². The third kappa shape index (κ3) is 4.76. The zero-order valence-electron chi connectivity index (χ0n) is 19.9. The van der Waals surface area contributed by atoms with Gasteiger partial charge in [-0.25, -0.2) is 4.98 Å². The molecule has 1 saturated carbocycles. The summed E-state index contributed by atoms with van der Waals surface area (Å²) in [5.41, 5.74) is 3.21. The lowest BCUT2D eigenvalue weighted by atomic mass is 9.83. The van der Waals surface area contributed by atoms with E-state index in [0.29, 0.717) is 27.5 Å². The Morgan fingerprint density at radius 3 is 2.71 bits per heavy atom. The maximum atomic E-state index is 13.4. The number of halogens is 1. The second kappa shape index (κ2) is 10.1. The largest absolute Gasteiger partial charge is 0.393 e. The van der Waals surface area contributed by atoms with E-state index in [0.717, 1.165) is 47.6 Å². The normalized spacial score (nSPS) is 19.4. The molecule has 0 aliphatic heterocycles. The van der Waals surface area contributed by atoms with Gasteiger partial charge in [0, 0.05) is 46.0 Å². The van der Waals surface area contributed by atoms with E-state index in [9.17, 15) is 14.7 Å². The Bertz CT molecular complexity index is 1280. The fourth-order valence-electron chi connectivity index (χ4n) is 5.15. The molecule has 34 heavy (non-hydrogen) atoms. The van der Waals surface area contributed by atoms with Crippen molar-refractivity contribution in [1.82, 2.24) is 19.9 Å². The summed E-state index contributed by atoms with van der Waals surface area (Å²) in [5.74, 6) is 0.130. The third-order valence-corrected chi connectivity index (χ3v) is 8.00. The molecule has 3 N–H and O–H groups in total. The number of hydrogen-bond donors (Lipinski definition) is 3. The number of pyridine rings is 2. The monoisotopic (exact) mass is 502 g/mol. The van der Waals surface area contributed by atoms with Crippen molar-refractivity contribution >= 4 is 40.3 Å². The Balaban J connectivity index is 1.69. The van der Waals surface area contributed by atoms with E-state index in [4.69, 9.17) is 11.6 Å². The number of rotatable bonds is 6. The topological polar surface area (TPSA) is 100 Å². The lowest BCUT2D eigenvalue weighted by molar-refractivity contribution is 0.0945. The van der Waals surface area contributed by atoms with Crippen LogP contribution in [0, 0.1) is 19.8 Å². The van der Waals surface area contributed by atoms with Crippen LogP contribution in [0.4, 0.5) is 0 Å². The molecular weight excluding hydrogens is 472 g/mol. The Kier molecular flexibility index (Phi) is 7.40. The lowest BCUT2D eigenvalue weighted by Crippen LogP contribution is -2.28. The number of nitrogens with zero attached hydrogens (tertiary/aromatic N) is 2. The molecule has 182 valence electrons. The van der Waals surface area contributed by atoms with Gasteiger partial charge in [0.15, 0.2) is 0 Å². The van der Waals surface area contributed by atoms with Crippen LogP contribution < -0.4 is 10.9 Å². The molecule has 3 aromatic heterocycles. The summed E-state index contributed by atoms with van der Waals surface area (Å²) in [6.07, 6.45) is 6.76. The fourth-order valence-corrected chi connectivity index (χ4v) is 6.02. The van der Waals surface area contributed by atoms with Crippen LogP contribution in [0.3, 0.4) is 0 Å². The van der Waals surface area contributed by atoms with E-state index < -0.39 is 0 Å². The number of aliphatic hydroxyl groups is 1. The first-order valence-corrected chi connectivity index (χ1v) is 13.2. The molecule has 1 atom stereocenters. The number of nitrogens with one attached hydrogen (secondary N) is 2. The van der Waals surface area contributed by atoms with Crippen molar-refractivity contribution in [3.63, 3.8) is 0 Å². The van der Waals surface area contributed by atoms with Gasteiger partial charge >= 0.3 is 0 Å². The predicted octanol–water partition coefficient (Wildman–Crippen LogP) is 4.76. The SMILES string of the molecule is CSc1cc(C)[nH]c(=O)c1CNC(=O)c1c(C)n(C(C)C2CCC(O)CC2)c2ncc(Cl)cc12. The summed E-state index contributed by atoms with van der Waals surface area (Å²) in [5, 5.41) is 14.0. The number of thioether (sulfide) groups is 1. The molecule has 1 fully saturated rings. The first kappa shape index (κ1) is 24.8. The molecule has 3 heterocycles. The number of aromatic nitrogens is 3. The number of fused-ring (bicyclic) bond motifs is 1. The fraction of sp³-hybridized carbons (Fsp3) is 0.480. The summed E-state index contributed by atoms with van der Waals surface area (Å²) in [6, 6.07) is 3.82. The zero-order chi connectivity index (χ0) is 24.6. The van der Waals surface area contributed by atoms with E-state index >= 15 is 0 Å². The number of aliphatic hydroxyl groups excluding tert-OH is 1. The Hall–Kier alpha value is -2.29. The van der Waals surface area contributed by atoms with Crippen LogP contribution in [0.25, 0.3) is 11.0 Å². The zero-order valence-corrected chi connectivity index (χ0v) is 21.5. The van der Waals surface area contributed by atoms with Crippen LogP contribution in [0.1, 0.15) is 66.0 Å². The minimum atomic E-state index is -0.261. The first-order valence-electron chi connectivity index (χ1n) is 11.6. The standard InChI is InChI=1S/C25H31ClN4O3S/c1-13-9-21(34-4)20(24(32)29-13)12-28-25(33)22-15(3)30(23-19(22)10-17(26)11-27-23)14(2)16-5-7-18(31)8-6-16/h9-11,14,16,18,31H,5-8,12H2,1-4H3,(H,28,33)(H,29,32). The van der Waals surface area contributed by atoms with Gasteiger partial charge in [-0.05, 0) is 70.8 Å². The van der Waals surface area contributed by atoms with Gasteiger partial charge in [-0.2, -0.15) is 0 Å². The number of aromatic amines is 1. The summed E-state index contributed by atoms with van der Waals surface area (Å²) in [6.45, 7) is 6.06. The second-order valence-electron chi connectivity index (χ2n) is 9.18. The van der Waals surface area contributed by atoms with Gasteiger partial charge in [0.05, 0.1) is 16.7 Å². The van der Waals surface area contributed by atoms with Crippen molar-refractivity contribution in [2.75, 3.05) is 6.26 Å². The molecule has 9 heteroatoms. The third-order valence-electron chi connectivity index (χ3n) is 6.99. The molecule has 0 spiro atoms. The maximum Gasteiger partial charge on any atom is 0.254 e. The number of amides is 1. The van der Waals surface area contributed by atoms with Gasteiger partial charge < -0.3 is 20.0 Å². The highest BCUT2D eigenvalue weighted by molar-refractivity contribution is 7.98. The predicted molar refractivity (Wildman–Crippen MR) is 137 cm³/mol. The molecule has 1 aliphatic carbocycles. The molecule has 0 aromatic carbocycles. The van der Waals surface area contributed by atoms with Crippen molar-refractivity contribution in [2.45, 2.75) is 70.0 Å². The minimum Gasteiger partial charge on any atom is -0.393 e. The van der Waals surface area contributed by atoms with Crippen molar-refractivity contribution in [3.8, 4) is 0 Å². The summed E-state index contributed by atoms with van der Waals surface area (Å²) >= 11 is 7.75. The highest BCUT2D eigenvalue weighted by atomic mass is 35.5. The average Bonchev–Trinajstić information content (AvgIpc) is 3.08. The van der Waals surface area contributed by atoms with E-state index in [1.54, 1.807) is 12.3 Å². The number of carbonyl (C=O) groups is 1. The molecule has 1 amide bonds. The van der Waals surface area contributed by atoms with Gasteiger partial charge in [0.2, 0.25) is 0 Å². The van der Waals surface area contributed by atoms with Crippen molar-refractivity contribution < 1.29 is 9.90 Å². The number of H-pyrrole nitrogens is 1. The Morgan fingerprint density at radius 2 is 2.03 bits per heavy atom. The molecule has 7 nitrogen and oxygen atoms in total. The van der Waals surface area contributed by atoms with Crippen LogP contribution in [-0.4, -0.2) is 37.9 Å². The van der Waals surface area contributed by atoms with Gasteiger partial charge in [-0.3, -0.25) is 9.59 Å². The van der Waals surface area contributed by atoms with Gasteiger partial charge in [-0.1, -0.05) is 11.6 Å². The molecule has 1 aliphatic rings. The minimum absolute atomic E-state index is 0.119. The number of hydrogen-bond acceptors (Lipinski definition) is 5. The molecule has 0 bridgehead atoms. The molecular formula is C25H31ClN4O3S. The number of carbonyl (C=O) groups excluding carboxylic acids is 1. The highest BCUT2D eigenvalue weighted by Gasteiger charge is 2.30. The van der Waals surface area contributed by atoms with Crippen LogP contribution in [0.2, 0.25) is 5.02 Å². The molecule has 4 rings (SSSR count). The summed E-state index contributed by atoms with van der Waals surface area (Å²) in [4.78, 5) is 34.2. The first-order chi connectivity index (χ1) is 16.2. The van der Waals surface area contributed by atoms with Crippen molar-refractivity contribution in [1.29, 1.82) is 0 Å². The Morgan fingerprint density at radius 1 is 1.32 bits per heavy atom. The van der Waals surface area contributed by atoms with Gasteiger partial charge in [-0.15, -0.1) is 11.8 Å². The second-order valence-corrected chi connectivity index (χ2v) is 10.5. The molecule has 3 aromatic rings. The maximum absolute atomic E-state index is 13.4. The van der Waals surface area contributed by atoms with E-state index in [1.807, 2.05) is 26.2 Å². The van der Waals surface area contributed by atoms with Crippen LogP contribution in [0.15, 0.2) is 28.0 Å². The summed E-state index contributed by atoms with van der Waals surface area (Å²) < 4.78 is 2.13. The Labute approximate surface area is 208 Å². The van der Waals surface area contributed by atoms with E-state index in [2.05, 4.69) is 26.8 Å². The highest BCUT2D eigenvalue weighted by Crippen LogP contribution is 2.37. The lowest BCUT2D eigenvalue weighted by Gasteiger charge is -2.32. The van der Waals surface area contributed by atoms with Crippen molar-refractivity contribution in [3.05, 3.63) is 56.2 Å². The van der Waals surface area contributed by atoms with Gasteiger partial charge in [0.25, 0.3) is 11.5 Å². The van der Waals surface area contributed by atoms with Crippen LogP contribution in [0.5, 0.6) is 0 Å². The molecule has 0 radical (unpaired) electrons.